The molecule has 0 aromatic heterocycles. The lowest BCUT2D eigenvalue weighted by Gasteiger charge is -2.39. The molecule has 1 aromatic rings. The first-order valence-corrected chi connectivity index (χ1v) is 7.73. The van der Waals surface area contributed by atoms with Gasteiger partial charge in [0, 0.05) is 12.0 Å². The highest BCUT2D eigenvalue weighted by Gasteiger charge is 2.37. The van der Waals surface area contributed by atoms with Crippen LogP contribution in [-0.4, -0.2) is 11.7 Å². The second-order valence-electron chi connectivity index (χ2n) is 6.25. The van der Waals surface area contributed by atoms with Crippen LogP contribution in [0, 0.1) is 18.2 Å². The minimum Gasteiger partial charge on any atom is -0.388 e. The summed E-state index contributed by atoms with van der Waals surface area (Å²) in [7, 11) is 0. The van der Waals surface area contributed by atoms with Gasteiger partial charge in [0.25, 0.3) is 0 Å². The maximum absolute atomic E-state index is 13.4. The molecule has 1 saturated carbocycles. The third-order valence-corrected chi connectivity index (χ3v) is 4.83. The van der Waals surface area contributed by atoms with E-state index in [0.717, 1.165) is 31.2 Å². The summed E-state index contributed by atoms with van der Waals surface area (Å²) in [5.41, 5.74) is 7.17. The molecule has 1 atom stereocenters. The normalized spacial score (nSPS) is 21.0. The van der Waals surface area contributed by atoms with Crippen LogP contribution in [-0.2, 0) is 0 Å². The largest absolute Gasteiger partial charge is 0.388 e. The van der Waals surface area contributed by atoms with Gasteiger partial charge < -0.3 is 10.8 Å². The Labute approximate surface area is 121 Å². The summed E-state index contributed by atoms with van der Waals surface area (Å²) in [5, 5.41) is 10.8. The molecule has 1 unspecified atom stereocenters. The van der Waals surface area contributed by atoms with E-state index in [0.29, 0.717) is 12.1 Å². The van der Waals surface area contributed by atoms with E-state index in [1.165, 1.54) is 25.3 Å². The summed E-state index contributed by atoms with van der Waals surface area (Å²) in [6.45, 7) is 2.23. The molecular weight excluding hydrogens is 253 g/mol. The Balaban J connectivity index is 2.25. The highest BCUT2D eigenvalue weighted by Crippen LogP contribution is 2.43. The van der Waals surface area contributed by atoms with Gasteiger partial charge in [-0.3, -0.25) is 0 Å². The highest BCUT2D eigenvalue weighted by molar-refractivity contribution is 5.27. The van der Waals surface area contributed by atoms with Crippen molar-refractivity contribution in [3.8, 4) is 0 Å². The van der Waals surface area contributed by atoms with Crippen molar-refractivity contribution >= 4 is 0 Å². The Kier molecular flexibility index (Phi) is 5.17. The van der Waals surface area contributed by atoms with Crippen LogP contribution in [0.15, 0.2) is 18.2 Å². The van der Waals surface area contributed by atoms with Crippen LogP contribution in [0.3, 0.4) is 0 Å². The van der Waals surface area contributed by atoms with E-state index in [-0.39, 0.29) is 11.2 Å². The summed E-state index contributed by atoms with van der Waals surface area (Å²) in [4.78, 5) is 0. The van der Waals surface area contributed by atoms with Crippen molar-refractivity contribution < 1.29 is 9.50 Å². The summed E-state index contributed by atoms with van der Waals surface area (Å²) >= 11 is 0. The number of aliphatic hydroxyl groups excluding tert-OH is 1. The fraction of sp³-hybridized carbons (Fsp3) is 0.647. The van der Waals surface area contributed by atoms with Gasteiger partial charge in [0.05, 0.1) is 6.10 Å². The van der Waals surface area contributed by atoms with E-state index in [1.54, 1.807) is 19.1 Å². The number of aliphatic hydroxyl groups is 1. The maximum atomic E-state index is 13.4. The molecule has 0 saturated heterocycles. The average molecular weight is 279 g/mol. The van der Waals surface area contributed by atoms with Crippen LogP contribution >= 0.6 is 0 Å². The second-order valence-corrected chi connectivity index (χ2v) is 6.25. The standard InChI is InChI=1S/C17H26FNO/c1-13-11-14(7-8-15(13)18)16(20)17(12-19)9-5-3-2-4-6-10-17/h7-8,11,16,20H,2-6,9-10,12,19H2,1H3. The summed E-state index contributed by atoms with van der Waals surface area (Å²) < 4.78 is 13.4. The molecule has 0 aliphatic heterocycles. The first-order valence-electron chi connectivity index (χ1n) is 7.73. The molecule has 1 fully saturated rings. The predicted octanol–water partition coefficient (Wildman–Crippen LogP) is 3.86. The molecule has 0 spiro atoms. The molecule has 2 nitrogen and oxygen atoms in total. The lowest BCUT2D eigenvalue weighted by molar-refractivity contribution is 0.00841. The van der Waals surface area contributed by atoms with Crippen LogP contribution < -0.4 is 5.73 Å². The third kappa shape index (κ3) is 3.21. The van der Waals surface area contributed by atoms with Crippen molar-refractivity contribution in [2.24, 2.45) is 11.1 Å². The lowest BCUT2D eigenvalue weighted by atomic mass is 9.70. The van der Waals surface area contributed by atoms with Crippen molar-refractivity contribution in [1.82, 2.24) is 0 Å². The molecule has 3 N–H and O–H groups in total. The monoisotopic (exact) mass is 279 g/mol. The SMILES string of the molecule is Cc1cc(C(O)C2(CN)CCCCCCC2)ccc1F. The summed E-state index contributed by atoms with van der Waals surface area (Å²) in [5.74, 6) is -0.222. The Morgan fingerprint density at radius 3 is 2.35 bits per heavy atom. The lowest BCUT2D eigenvalue weighted by Crippen LogP contribution is -2.37. The van der Waals surface area contributed by atoms with Crippen LogP contribution in [0.2, 0.25) is 0 Å². The quantitative estimate of drug-likeness (QED) is 0.882. The van der Waals surface area contributed by atoms with Crippen molar-refractivity contribution in [2.75, 3.05) is 6.54 Å². The van der Waals surface area contributed by atoms with Gasteiger partial charge in [0.2, 0.25) is 0 Å². The van der Waals surface area contributed by atoms with Crippen LogP contribution in [0.4, 0.5) is 4.39 Å². The van der Waals surface area contributed by atoms with Crippen molar-refractivity contribution in [1.29, 1.82) is 0 Å². The Bertz CT molecular complexity index is 439. The molecule has 1 aliphatic carbocycles. The van der Waals surface area contributed by atoms with E-state index in [9.17, 15) is 9.50 Å². The average Bonchev–Trinajstić information content (AvgIpc) is 2.42. The van der Waals surface area contributed by atoms with Crippen LogP contribution in [0.25, 0.3) is 0 Å². The van der Waals surface area contributed by atoms with Gasteiger partial charge >= 0.3 is 0 Å². The second kappa shape index (κ2) is 6.68. The maximum Gasteiger partial charge on any atom is 0.126 e. The zero-order chi connectivity index (χ0) is 14.6. The van der Waals surface area contributed by atoms with Crippen molar-refractivity contribution in [3.63, 3.8) is 0 Å². The van der Waals surface area contributed by atoms with Gasteiger partial charge in [-0.15, -0.1) is 0 Å². The third-order valence-electron chi connectivity index (χ3n) is 4.83. The Morgan fingerprint density at radius 1 is 1.20 bits per heavy atom. The van der Waals surface area contributed by atoms with Gasteiger partial charge in [0.1, 0.15) is 5.82 Å². The van der Waals surface area contributed by atoms with Gasteiger partial charge in [-0.1, -0.05) is 44.2 Å². The molecule has 1 aliphatic rings. The van der Waals surface area contributed by atoms with E-state index in [1.807, 2.05) is 0 Å². The summed E-state index contributed by atoms with van der Waals surface area (Å²) in [6, 6.07) is 4.90. The molecule has 0 amide bonds. The first kappa shape index (κ1) is 15.5. The molecule has 0 heterocycles. The van der Waals surface area contributed by atoms with Gasteiger partial charge in [-0.25, -0.2) is 4.39 Å². The molecular formula is C17H26FNO. The van der Waals surface area contributed by atoms with Gasteiger partial charge in [-0.05, 0) is 37.0 Å². The molecule has 112 valence electrons. The number of nitrogens with two attached hydrogens (primary N) is 1. The zero-order valence-electron chi connectivity index (χ0n) is 12.4. The number of aryl methyl sites for hydroxylation is 1. The summed E-state index contributed by atoms with van der Waals surface area (Å²) in [6.07, 6.45) is 7.29. The zero-order valence-corrected chi connectivity index (χ0v) is 12.4. The smallest absolute Gasteiger partial charge is 0.126 e. The van der Waals surface area contributed by atoms with E-state index in [4.69, 9.17) is 5.73 Å². The highest BCUT2D eigenvalue weighted by atomic mass is 19.1. The van der Waals surface area contributed by atoms with Crippen LogP contribution in [0.5, 0.6) is 0 Å². The molecule has 0 radical (unpaired) electrons. The molecule has 2 rings (SSSR count). The predicted molar refractivity (Wildman–Crippen MR) is 79.9 cm³/mol. The van der Waals surface area contributed by atoms with Crippen molar-refractivity contribution in [2.45, 2.75) is 58.0 Å². The molecule has 0 bridgehead atoms. The van der Waals surface area contributed by atoms with E-state index in [2.05, 4.69) is 0 Å². The van der Waals surface area contributed by atoms with Gasteiger partial charge in [-0.2, -0.15) is 0 Å². The fourth-order valence-electron chi connectivity index (χ4n) is 3.39. The number of hydrogen-bond donors (Lipinski definition) is 2. The fourth-order valence-corrected chi connectivity index (χ4v) is 3.39. The van der Waals surface area contributed by atoms with E-state index < -0.39 is 6.10 Å². The molecule has 1 aromatic carbocycles. The molecule has 3 heteroatoms. The van der Waals surface area contributed by atoms with E-state index >= 15 is 0 Å². The van der Waals surface area contributed by atoms with Crippen molar-refractivity contribution in [3.05, 3.63) is 35.1 Å². The molecule has 20 heavy (non-hydrogen) atoms. The number of hydrogen-bond acceptors (Lipinski definition) is 2. The minimum atomic E-state index is -0.593. The Morgan fingerprint density at radius 2 is 1.80 bits per heavy atom. The number of benzene rings is 1. The topological polar surface area (TPSA) is 46.2 Å². The minimum absolute atomic E-state index is 0.222. The Hall–Kier alpha value is -0.930. The number of rotatable bonds is 3. The van der Waals surface area contributed by atoms with Gasteiger partial charge in [0.15, 0.2) is 0 Å². The first-order chi connectivity index (χ1) is 9.59. The number of halogens is 1. The van der Waals surface area contributed by atoms with Crippen LogP contribution in [0.1, 0.15) is 62.2 Å².